The van der Waals surface area contributed by atoms with Gasteiger partial charge in [0, 0.05) is 31.3 Å². The minimum atomic E-state index is -0.506. The van der Waals surface area contributed by atoms with Crippen molar-refractivity contribution in [2.24, 2.45) is 18.9 Å². The molecule has 0 aliphatic heterocycles. The van der Waals surface area contributed by atoms with Gasteiger partial charge in [0.2, 0.25) is 0 Å². The third-order valence-electron chi connectivity index (χ3n) is 3.59. The van der Waals surface area contributed by atoms with Gasteiger partial charge >= 0.3 is 0 Å². The molecule has 0 aromatic carbocycles. The van der Waals surface area contributed by atoms with Gasteiger partial charge in [0.15, 0.2) is 5.78 Å². The first-order valence-corrected chi connectivity index (χ1v) is 6.12. The Morgan fingerprint density at radius 1 is 1.65 bits per heavy atom. The fraction of sp³-hybridized carbons (Fsp3) is 0.615. The maximum atomic E-state index is 12.2. The summed E-state index contributed by atoms with van der Waals surface area (Å²) in [5, 5.41) is 13.2. The number of aromatic nitrogens is 2. The molecule has 1 aromatic rings. The molecule has 1 saturated carbocycles. The van der Waals surface area contributed by atoms with Crippen LogP contribution in [0.15, 0.2) is 12.3 Å². The summed E-state index contributed by atoms with van der Waals surface area (Å²) in [6, 6.07) is 4.02. The van der Waals surface area contributed by atoms with Crippen LogP contribution in [0.25, 0.3) is 0 Å². The highest BCUT2D eigenvalue weighted by molar-refractivity contribution is 5.86. The zero-order chi connectivity index (χ0) is 12.3. The summed E-state index contributed by atoms with van der Waals surface area (Å²) in [5.41, 5.74) is 0.947. The quantitative estimate of drug-likeness (QED) is 0.794. The Kier molecular flexibility index (Phi) is 3.58. The molecule has 90 valence electrons. The van der Waals surface area contributed by atoms with E-state index in [4.69, 9.17) is 5.26 Å². The number of ketones is 1. The number of nitriles is 1. The Labute approximate surface area is 101 Å². The molecular formula is C13H17N3O. The summed E-state index contributed by atoms with van der Waals surface area (Å²) in [6.45, 7) is 0. The molecule has 4 nitrogen and oxygen atoms in total. The van der Waals surface area contributed by atoms with Gasteiger partial charge in [-0.2, -0.15) is 10.4 Å². The fourth-order valence-electron chi connectivity index (χ4n) is 2.52. The van der Waals surface area contributed by atoms with Crippen molar-refractivity contribution in [1.29, 1.82) is 5.26 Å². The third-order valence-corrected chi connectivity index (χ3v) is 3.59. The van der Waals surface area contributed by atoms with Crippen LogP contribution in [0.1, 0.15) is 31.4 Å². The lowest BCUT2D eigenvalue weighted by molar-refractivity contribution is -0.125. The molecule has 0 spiro atoms. The number of hydrogen-bond acceptors (Lipinski definition) is 3. The molecule has 0 saturated heterocycles. The predicted octanol–water partition coefficient (Wildman–Crippen LogP) is 1.86. The van der Waals surface area contributed by atoms with E-state index in [-0.39, 0.29) is 11.7 Å². The summed E-state index contributed by atoms with van der Waals surface area (Å²) >= 11 is 0. The van der Waals surface area contributed by atoms with E-state index in [0.717, 1.165) is 31.4 Å². The van der Waals surface area contributed by atoms with E-state index in [9.17, 15) is 4.79 Å². The molecule has 0 bridgehead atoms. The van der Waals surface area contributed by atoms with Gasteiger partial charge in [0.1, 0.15) is 5.92 Å². The number of nitrogens with zero attached hydrogens (tertiary/aromatic N) is 3. The first kappa shape index (κ1) is 11.8. The second-order valence-corrected chi connectivity index (χ2v) is 4.72. The highest BCUT2D eigenvalue weighted by Crippen LogP contribution is 2.28. The maximum Gasteiger partial charge on any atom is 0.153 e. The van der Waals surface area contributed by atoms with Crippen LogP contribution in [0.3, 0.4) is 0 Å². The van der Waals surface area contributed by atoms with Crippen molar-refractivity contribution in [2.45, 2.75) is 32.1 Å². The van der Waals surface area contributed by atoms with E-state index >= 15 is 0 Å². The van der Waals surface area contributed by atoms with Crippen LogP contribution < -0.4 is 0 Å². The van der Waals surface area contributed by atoms with Crippen molar-refractivity contribution in [1.82, 2.24) is 9.78 Å². The van der Waals surface area contributed by atoms with Crippen molar-refractivity contribution in [3.63, 3.8) is 0 Å². The Balaban J connectivity index is 2.04. The van der Waals surface area contributed by atoms with Gasteiger partial charge in [-0.05, 0) is 18.9 Å². The second-order valence-electron chi connectivity index (χ2n) is 4.72. The van der Waals surface area contributed by atoms with Crippen LogP contribution in [0.2, 0.25) is 0 Å². The maximum absolute atomic E-state index is 12.2. The minimum absolute atomic E-state index is 0.118. The summed E-state index contributed by atoms with van der Waals surface area (Å²) < 4.78 is 1.73. The van der Waals surface area contributed by atoms with Crippen molar-refractivity contribution in [2.75, 3.05) is 0 Å². The number of carbonyl (C=O) groups excluding carboxylic acids is 1. The molecule has 0 radical (unpaired) electrons. The highest BCUT2D eigenvalue weighted by Gasteiger charge is 2.29. The first-order chi connectivity index (χ1) is 8.22. The molecule has 1 unspecified atom stereocenters. The minimum Gasteiger partial charge on any atom is -0.298 e. The Bertz CT molecular complexity index is 438. The standard InChI is InChI=1S/C13H17N3O/c1-16-12(6-7-15-16)8-11(9-14)13(17)10-4-2-3-5-10/h6-7,10-11H,2-5,8H2,1H3. The smallest absolute Gasteiger partial charge is 0.153 e. The van der Waals surface area contributed by atoms with Crippen LogP contribution in [-0.4, -0.2) is 15.6 Å². The van der Waals surface area contributed by atoms with Gasteiger partial charge in [-0.3, -0.25) is 9.48 Å². The van der Waals surface area contributed by atoms with Crippen LogP contribution in [0, 0.1) is 23.2 Å². The van der Waals surface area contributed by atoms with Gasteiger partial charge in [-0.25, -0.2) is 0 Å². The van der Waals surface area contributed by atoms with E-state index < -0.39 is 5.92 Å². The van der Waals surface area contributed by atoms with Crippen molar-refractivity contribution < 1.29 is 4.79 Å². The molecule has 1 atom stereocenters. The molecule has 1 aliphatic rings. The van der Waals surface area contributed by atoms with Gasteiger partial charge in [-0.15, -0.1) is 0 Å². The van der Waals surface area contributed by atoms with Crippen LogP contribution in [-0.2, 0) is 18.3 Å². The van der Waals surface area contributed by atoms with Crippen molar-refractivity contribution in [3.8, 4) is 6.07 Å². The van der Waals surface area contributed by atoms with Gasteiger partial charge < -0.3 is 0 Å². The van der Waals surface area contributed by atoms with Gasteiger partial charge in [0.05, 0.1) is 6.07 Å². The lowest BCUT2D eigenvalue weighted by atomic mass is 9.89. The summed E-state index contributed by atoms with van der Waals surface area (Å²) in [6.07, 6.45) is 6.36. The average molecular weight is 231 g/mol. The first-order valence-electron chi connectivity index (χ1n) is 6.12. The predicted molar refractivity (Wildman–Crippen MR) is 63.0 cm³/mol. The van der Waals surface area contributed by atoms with Crippen LogP contribution in [0.4, 0.5) is 0 Å². The molecule has 0 N–H and O–H groups in total. The largest absolute Gasteiger partial charge is 0.298 e. The monoisotopic (exact) mass is 231 g/mol. The number of aryl methyl sites for hydroxylation is 1. The van der Waals surface area contributed by atoms with E-state index in [1.165, 1.54) is 0 Å². The topological polar surface area (TPSA) is 58.7 Å². The van der Waals surface area contributed by atoms with E-state index in [1.807, 2.05) is 13.1 Å². The lowest BCUT2D eigenvalue weighted by Crippen LogP contribution is -2.23. The molecular weight excluding hydrogens is 214 g/mol. The van der Waals surface area contributed by atoms with Gasteiger partial charge in [0.25, 0.3) is 0 Å². The normalized spacial score (nSPS) is 17.9. The molecule has 17 heavy (non-hydrogen) atoms. The summed E-state index contributed by atoms with van der Waals surface area (Å²) in [4.78, 5) is 12.2. The van der Waals surface area contributed by atoms with E-state index in [1.54, 1.807) is 10.9 Å². The molecule has 1 aromatic heterocycles. The fourth-order valence-corrected chi connectivity index (χ4v) is 2.52. The number of hydrogen-bond donors (Lipinski definition) is 0. The summed E-state index contributed by atoms with van der Waals surface area (Å²) in [7, 11) is 1.84. The second kappa shape index (κ2) is 5.13. The lowest BCUT2D eigenvalue weighted by Gasteiger charge is -2.13. The molecule has 1 fully saturated rings. The Morgan fingerprint density at radius 2 is 2.35 bits per heavy atom. The van der Waals surface area contributed by atoms with Crippen LogP contribution in [0.5, 0.6) is 0 Å². The zero-order valence-electron chi connectivity index (χ0n) is 10.1. The number of rotatable bonds is 4. The molecule has 4 heteroatoms. The molecule has 1 aliphatic carbocycles. The molecule has 2 rings (SSSR count). The number of carbonyl (C=O) groups is 1. The summed E-state index contributed by atoms with van der Waals surface area (Å²) in [5.74, 6) is -0.257. The van der Waals surface area contributed by atoms with Crippen molar-refractivity contribution >= 4 is 5.78 Å². The van der Waals surface area contributed by atoms with E-state index in [0.29, 0.717) is 6.42 Å². The third kappa shape index (κ3) is 2.55. The van der Waals surface area contributed by atoms with Crippen LogP contribution >= 0.6 is 0 Å². The Morgan fingerprint density at radius 3 is 2.88 bits per heavy atom. The Hall–Kier alpha value is -1.63. The van der Waals surface area contributed by atoms with Crippen molar-refractivity contribution in [3.05, 3.63) is 18.0 Å². The van der Waals surface area contributed by atoms with E-state index in [2.05, 4.69) is 11.2 Å². The SMILES string of the molecule is Cn1nccc1CC(C#N)C(=O)C1CCCC1. The highest BCUT2D eigenvalue weighted by atomic mass is 16.1. The zero-order valence-corrected chi connectivity index (χ0v) is 10.1. The number of Topliss-reactive ketones (excluding diaryl/α,β-unsaturated/α-hetero) is 1. The molecule has 1 heterocycles. The molecule has 0 amide bonds. The van der Waals surface area contributed by atoms with Gasteiger partial charge in [-0.1, -0.05) is 12.8 Å². The average Bonchev–Trinajstić information content (AvgIpc) is 2.97.